The van der Waals surface area contributed by atoms with Gasteiger partial charge in [0.15, 0.2) is 6.10 Å². The molecule has 1 aromatic rings. The van der Waals surface area contributed by atoms with Crippen LogP contribution in [0.3, 0.4) is 0 Å². The molecule has 1 aliphatic heterocycles. The Balaban J connectivity index is 1.80. The monoisotopic (exact) mass is 729 g/mol. The number of thiazole rings is 1. The Labute approximate surface area is 307 Å². The quantitative estimate of drug-likeness (QED) is 0.166. The second-order valence-corrected chi connectivity index (χ2v) is 15.5. The van der Waals surface area contributed by atoms with Gasteiger partial charge in [0.1, 0.15) is 16.7 Å². The van der Waals surface area contributed by atoms with Crippen molar-refractivity contribution < 1.29 is 33.8 Å². The molecule has 0 radical (unpaired) electrons. The third-order valence-electron chi connectivity index (χ3n) is 10.2. The highest BCUT2D eigenvalue weighted by Gasteiger charge is 2.37. The Bertz CT molecular complexity index is 1420. The highest BCUT2D eigenvalue weighted by atomic mass is 32.1. The minimum Gasteiger partial charge on any atom is -0.481 e. The summed E-state index contributed by atoms with van der Waals surface area (Å²) in [7, 11) is 3.67. The number of carboxylic acids is 1. The summed E-state index contributed by atoms with van der Waals surface area (Å²) in [6.45, 7) is 11.7. The zero-order valence-corrected chi connectivity index (χ0v) is 32.5. The fourth-order valence-corrected chi connectivity index (χ4v) is 7.68. The summed E-state index contributed by atoms with van der Waals surface area (Å²) in [4.78, 5) is 73.3. The topological polar surface area (TPSA) is 158 Å². The normalized spacial score (nSPS) is 19.9. The number of aliphatic carboxylic acids is 1. The van der Waals surface area contributed by atoms with E-state index >= 15 is 0 Å². The van der Waals surface area contributed by atoms with E-state index < -0.39 is 42.0 Å². The van der Waals surface area contributed by atoms with Gasteiger partial charge >= 0.3 is 11.9 Å². The summed E-state index contributed by atoms with van der Waals surface area (Å²) < 4.78 is 5.77. The first-order chi connectivity index (χ1) is 24.1. The van der Waals surface area contributed by atoms with Crippen LogP contribution in [0.4, 0.5) is 0 Å². The first-order valence-electron chi connectivity index (χ1n) is 18.4. The van der Waals surface area contributed by atoms with Gasteiger partial charge in [0.2, 0.25) is 11.8 Å². The summed E-state index contributed by atoms with van der Waals surface area (Å²) in [6, 6.07) is -1.80. The molecule has 1 unspecified atom stereocenters. The van der Waals surface area contributed by atoms with Crippen molar-refractivity contribution in [3.8, 4) is 0 Å². The van der Waals surface area contributed by atoms with E-state index in [9.17, 15) is 29.1 Å². The first-order valence-corrected chi connectivity index (χ1v) is 19.3. The molecule has 3 rings (SSSR count). The summed E-state index contributed by atoms with van der Waals surface area (Å²) >= 11 is 1.19. The molecule has 3 amide bonds. The van der Waals surface area contributed by atoms with Crippen LogP contribution in [0.1, 0.15) is 121 Å². The number of hydrogen-bond acceptors (Lipinski definition) is 9. The molecule has 0 spiro atoms. The van der Waals surface area contributed by atoms with Crippen molar-refractivity contribution in [3.63, 3.8) is 0 Å². The standard InChI is InChI=1S/C38H59N5O7S/c1-9-24(4)33(41-35(46)30-17-13-14-18-42(30)7)37(47)43(8)31(23(2)3)21-32(50-26(6)44)36-40-29(22-51-36)34(45)39-28(19-25(5)38(48)49)20-27-15-11-10-12-16-27/h11,15-16,22-25,28,30-33H,9-10,12-14,17-21H2,1-8H3,(H,39,45)(H,41,46)(H,48,49)/t24?,25-,28+,30+,31+,32+,33-/m0/s1. The number of esters is 1. The number of amides is 3. The molecule has 1 aromatic heterocycles. The lowest BCUT2D eigenvalue weighted by molar-refractivity contribution is -0.149. The summed E-state index contributed by atoms with van der Waals surface area (Å²) in [5.74, 6) is -3.04. The number of allylic oxidation sites excluding steroid dienone is 3. The number of carbonyl (C=O) groups excluding carboxylic acids is 4. The number of likely N-dealkylation sites (N-methyl/N-ethyl adjacent to an activating group) is 2. The molecule has 0 bridgehead atoms. The van der Waals surface area contributed by atoms with E-state index in [-0.39, 0.29) is 54.3 Å². The molecule has 13 heteroatoms. The van der Waals surface area contributed by atoms with E-state index in [0.29, 0.717) is 17.8 Å². The van der Waals surface area contributed by atoms with Gasteiger partial charge in [-0.3, -0.25) is 28.9 Å². The van der Waals surface area contributed by atoms with Crippen LogP contribution in [-0.4, -0.2) is 94.4 Å². The first kappa shape index (κ1) is 41.8. The number of carbonyl (C=O) groups is 5. The Hall–Kier alpha value is -3.58. The zero-order valence-electron chi connectivity index (χ0n) is 31.6. The number of carboxylic acid groups (broad SMARTS) is 1. The minimum absolute atomic E-state index is 0.0439. The summed E-state index contributed by atoms with van der Waals surface area (Å²) in [5, 5.41) is 17.6. The van der Waals surface area contributed by atoms with Gasteiger partial charge in [0.25, 0.3) is 5.91 Å². The van der Waals surface area contributed by atoms with Gasteiger partial charge in [0.05, 0.1) is 12.0 Å². The van der Waals surface area contributed by atoms with Crippen LogP contribution in [-0.2, 0) is 23.9 Å². The van der Waals surface area contributed by atoms with Crippen LogP contribution in [0.15, 0.2) is 29.2 Å². The summed E-state index contributed by atoms with van der Waals surface area (Å²) in [5.41, 5.74) is 1.19. The number of piperidine rings is 1. The predicted octanol–water partition coefficient (Wildman–Crippen LogP) is 5.51. The maximum atomic E-state index is 14.2. The zero-order chi connectivity index (χ0) is 37.8. The Morgan fingerprint density at radius 2 is 1.82 bits per heavy atom. The van der Waals surface area contributed by atoms with Crippen LogP contribution in [0.25, 0.3) is 0 Å². The number of nitrogens with zero attached hydrogens (tertiary/aromatic N) is 3. The second-order valence-electron chi connectivity index (χ2n) is 14.6. The van der Waals surface area contributed by atoms with E-state index in [1.807, 2.05) is 45.7 Å². The molecule has 12 nitrogen and oxygen atoms in total. The van der Waals surface area contributed by atoms with Crippen LogP contribution in [0.2, 0.25) is 0 Å². The van der Waals surface area contributed by atoms with E-state index in [1.54, 1.807) is 24.3 Å². The van der Waals surface area contributed by atoms with Gasteiger partial charge < -0.3 is 25.4 Å². The van der Waals surface area contributed by atoms with Crippen molar-refractivity contribution in [2.24, 2.45) is 17.8 Å². The minimum atomic E-state index is -0.930. The number of rotatable bonds is 18. The summed E-state index contributed by atoms with van der Waals surface area (Å²) in [6.07, 6.45) is 11.7. The SMILES string of the molecule is CCC(C)[C@H](NC(=O)[C@H]1CCCCN1C)C(=O)N(C)[C@H](C[C@@H](OC(C)=O)c1nc(C(=O)N[C@@H](CC2=CCCC=C2)C[C@H](C)C(=O)O)cs1)C(C)C. The molecular formula is C38H59N5O7S. The van der Waals surface area contributed by atoms with Crippen molar-refractivity contribution in [3.05, 3.63) is 39.9 Å². The van der Waals surface area contributed by atoms with Crippen molar-refractivity contribution >= 4 is 41.0 Å². The van der Waals surface area contributed by atoms with Gasteiger partial charge in [-0.2, -0.15) is 0 Å². The van der Waals surface area contributed by atoms with Crippen LogP contribution >= 0.6 is 11.3 Å². The fraction of sp³-hybridized carbons (Fsp3) is 0.684. The molecule has 7 atom stereocenters. The number of hydrogen-bond donors (Lipinski definition) is 3. The van der Waals surface area contributed by atoms with Crippen LogP contribution < -0.4 is 10.6 Å². The largest absolute Gasteiger partial charge is 0.481 e. The molecule has 3 N–H and O–H groups in total. The molecule has 2 aliphatic rings. The molecule has 1 fully saturated rings. The lowest BCUT2D eigenvalue weighted by Crippen LogP contribution is -2.58. The van der Waals surface area contributed by atoms with Gasteiger partial charge in [-0.25, -0.2) is 4.98 Å². The van der Waals surface area contributed by atoms with E-state index in [4.69, 9.17) is 4.74 Å². The molecule has 0 saturated carbocycles. The van der Waals surface area contributed by atoms with Crippen molar-refractivity contribution in [2.75, 3.05) is 20.6 Å². The Morgan fingerprint density at radius 3 is 2.41 bits per heavy atom. The number of likely N-dealkylation sites (tertiary alicyclic amines) is 1. The molecule has 0 aromatic carbocycles. The highest BCUT2D eigenvalue weighted by molar-refractivity contribution is 7.09. The van der Waals surface area contributed by atoms with E-state index in [0.717, 1.165) is 44.2 Å². The molecule has 2 heterocycles. The maximum Gasteiger partial charge on any atom is 0.306 e. The highest BCUT2D eigenvalue weighted by Crippen LogP contribution is 2.31. The smallest absolute Gasteiger partial charge is 0.306 e. The average Bonchev–Trinajstić information content (AvgIpc) is 3.59. The number of ether oxygens (including phenoxy) is 1. The molecule has 1 saturated heterocycles. The van der Waals surface area contributed by atoms with Crippen LogP contribution in [0, 0.1) is 17.8 Å². The molecule has 1 aliphatic carbocycles. The Morgan fingerprint density at radius 1 is 1.10 bits per heavy atom. The van der Waals surface area contributed by atoms with Gasteiger partial charge in [-0.15, -0.1) is 11.3 Å². The van der Waals surface area contributed by atoms with Crippen molar-refractivity contribution in [2.45, 2.75) is 130 Å². The van der Waals surface area contributed by atoms with E-state index in [1.165, 1.54) is 18.3 Å². The third kappa shape index (κ3) is 12.3. The van der Waals surface area contributed by atoms with Gasteiger partial charge in [-0.1, -0.05) is 71.3 Å². The number of aromatic nitrogens is 1. The average molecular weight is 730 g/mol. The second kappa shape index (κ2) is 19.9. The predicted molar refractivity (Wildman–Crippen MR) is 198 cm³/mol. The van der Waals surface area contributed by atoms with Crippen LogP contribution in [0.5, 0.6) is 0 Å². The fourth-order valence-electron chi connectivity index (χ4n) is 6.84. The van der Waals surface area contributed by atoms with Crippen molar-refractivity contribution in [1.82, 2.24) is 25.4 Å². The van der Waals surface area contributed by atoms with Crippen molar-refractivity contribution in [1.29, 1.82) is 0 Å². The molecule has 284 valence electrons. The number of nitrogens with one attached hydrogen (secondary N) is 2. The molecule has 51 heavy (non-hydrogen) atoms. The maximum absolute atomic E-state index is 14.2. The lowest BCUT2D eigenvalue weighted by Gasteiger charge is -2.38. The lowest BCUT2D eigenvalue weighted by atomic mass is 9.92. The molecular weight excluding hydrogens is 671 g/mol. The Kier molecular flexibility index (Phi) is 16.3. The van der Waals surface area contributed by atoms with Gasteiger partial charge in [-0.05, 0) is 64.0 Å². The van der Waals surface area contributed by atoms with E-state index in [2.05, 4.69) is 27.8 Å². The third-order valence-corrected chi connectivity index (χ3v) is 11.1. The van der Waals surface area contributed by atoms with Gasteiger partial charge in [0, 0.05) is 37.9 Å².